The van der Waals surface area contributed by atoms with Gasteiger partial charge in [-0.3, -0.25) is 5.32 Å². The minimum absolute atomic E-state index is 0.230. The van der Waals surface area contributed by atoms with E-state index in [4.69, 9.17) is 0 Å². The standard InChI is InChI=1S/C17H31N3/c1-3-12-19-17(14-18)11-6-7-15(17)10-13-20(2)16-8-4-5-9-16/h15-16,19H,3-13H2,1-2H3. The topological polar surface area (TPSA) is 39.1 Å². The zero-order valence-corrected chi connectivity index (χ0v) is 13.3. The second-order valence-electron chi connectivity index (χ2n) is 6.81. The molecule has 0 aromatic carbocycles. The van der Waals surface area contributed by atoms with Crippen LogP contribution in [0.15, 0.2) is 0 Å². The van der Waals surface area contributed by atoms with Crippen molar-refractivity contribution in [2.24, 2.45) is 5.92 Å². The normalized spacial score (nSPS) is 31.0. The molecule has 0 aromatic rings. The first-order valence-corrected chi connectivity index (χ1v) is 8.58. The predicted octanol–water partition coefficient (Wildman–Crippen LogP) is 3.31. The summed E-state index contributed by atoms with van der Waals surface area (Å²) in [5.74, 6) is 0.544. The van der Waals surface area contributed by atoms with Crippen LogP contribution in [0.3, 0.4) is 0 Å². The van der Waals surface area contributed by atoms with Gasteiger partial charge in [0.1, 0.15) is 5.54 Å². The lowest BCUT2D eigenvalue weighted by molar-refractivity contribution is 0.206. The van der Waals surface area contributed by atoms with Crippen molar-refractivity contribution in [2.75, 3.05) is 20.1 Å². The molecular formula is C17H31N3. The van der Waals surface area contributed by atoms with E-state index in [1.165, 1.54) is 44.9 Å². The molecule has 2 atom stereocenters. The van der Waals surface area contributed by atoms with Crippen molar-refractivity contribution >= 4 is 0 Å². The van der Waals surface area contributed by atoms with Gasteiger partial charge in [-0.15, -0.1) is 0 Å². The van der Waals surface area contributed by atoms with Crippen LogP contribution in [0, 0.1) is 17.2 Å². The molecule has 1 N–H and O–H groups in total. The van der Waals surface area contributed by atoms with Gasteiger partial charge in [0.05, 0.1) is 6.07 Å². The van der Waals surface area contributed by atoms with Gasteiger partial charge in [0.2, 0.25) is 0 Å². The van der Waals surface area contributed by atoms with Gasteiger partial charge in [0.25, 0.3) is 0 Å². The van der Waals surface area contributed by atoms with Crippen molar-refractivity contribution in [3.63, 3.8) is 0 Å². The van der Waals surface area contributed by atoms with E-state index in [-0.39, 0.29) is 5.54 Å². The molecule has 0 radical (unpaired) electrons. The molecule has 0 spiro atoms. The third-order valence-corrected chi connectivity index (χ3v) is 5.49. The fourth-order valence-electron chi connectivity index (χ4n) is 4.12. The first kappa shape index (κ1) is 15.8. The number of nitriles is 1. The highest BCUT2D eigenvalue weighted by Crippen LogP contribution is 2.38. The number of nitrogens with zero attached hydrogens (tertiary/aromatic N) is 2. The maximum Gasteiger partial charge on any atom is 0.109 e. The van der Waals surface area contributed by atoms with Crippen LogP contribution in [0.25, 0.3) is 0 Å². The molecule has 3 nitrogen and oxygen atoms in total. The van der Waals surface area contributed by atoms with E-state index < -0.39 is 0 Å². The summed E-state index contributed by atoms with van der Waals surface area (Å²) in [4.78, 5) is 2.55. The Balaban J connectivity index is 1.85. The lowest BCUT2D eigenvalue weighted by atomic mass is 9.85. The van der Waals surface area contributed by atoms with E-state index in [0.717, 1.165) is 32.0 Å². The van der Waals surface area contributed by atoms with Gasteiger partial charge in [0.15, 0.2) is 0 Å². The molecule has 2 aliphatic rings. The zero-order chi connectivity index (χ0) is 14.4. The molecule has 2 saturated carbocycles. The SMILES string of the molecule is CCCNC1(C#N)CCCC1CCN(C)C1CCCC1. The van der Waals surface area contributed by atoms with Gasteiger partial charge in [-0.05, 0) is 64.6 Å². The second-order valence-corrected chi connectivity index (χ2v) is 6.81. The Morgan fingerprint density at radius 3 is 2.65 bits per heavy atom. The van der Waals surface area contributed by atoms with Gasteiger partial charge < -0.3 is 4.90 Å². The predicted molar refractivity (Wildman–Crippen MR) is 83.5 cm³/mol. The number of hydrogen-bond acceptors (Lipinski definition) is 3. The molecule has 114 valence electrons. The van der Waals surface area contributed by atoms with Crippen LogP contribution >= 0.6 is 0 Å². The Morgan fingerprint density at radius 2 is 2.00 bits per heavy atom. The summed E-state index contributed by atoms with van der Waals surface area (Å²) < 4.78 is 0. The average molecular weight is 277 g/mol. The van der Waals surface area contributed by atoms with Crippen LogP contribution in [-0.4, -0.2) is 36.6 Å². The van der Waals surface area contributed by atoms with E-state index in [2.05, 4.69) is 30.3 Å². The Hall–Kier alpha value is -0.590. The molecule has 2 aliphatic carbocycles. The van der Waals surface area contributed by atoms with Crippen LogP contribution in [0.2, 0.25) is 0 Å². The smallest absolute Gasteiger partial charge is 0.109 e. The molecule has 0 heterocycles. The fraction of sp³-hybridized carbons (Fsp3) is 0.941. The monoisotopic (exact) mass is 277 g/mol. The van der Waals surface area contributed by atoms with E-state index in [0.29, 0.717) is 5.92 Å². The lowest BCUT2D eigenvalue weighted by Gasteiger charge is -2.32. The fourth-order valence-corrected chi connectivity index (χ4v) is 4.12. The summed E-state index contributed by atoms with van der Waals surface area (Å²) in [6.07, 6.45) is 11.3. The number of rotatable bonds is 7. The first-order chi connectivity index (χ1) is 9.72. The lowest BCUT2D eigenvalue weighted by Crippen LogP contribution is -2.48. The maximum absolute atomic E-state index is 9.66. The highest BCUT2D eigenvalue weighted by molar-refractivity contribution is 5.14. The molecular weight excluding hydrogens is 246 g/mol. The minimum Gasteiger partial charge on any atom is -0.303 e. The molecule has 2 rings (SSSR count). The Labute approximate surface area is 124 Å². The molecule has 0 aromatic heterocycles. The average Bonchev–Trinajstić information content (AvgIpc) is 3.12. The van der Waals surface area contributed by atoms with Crippen LogP contribution in [-0.2, 0) is 0 Å². The molecule has 0 amide bonds. The third-order valence-electron chi connectivity index (χ3n) is 5.49. The minimum atomic E-state index is -0.230. The van der Waals surface area contributed by atoms with Crippen LogP contribution in [0.5, 0.6) is 0 Å². The Kier molecular flexibility index (Phi) is 5.86. The molecule has 2 unspecified atom stereocenters. The summed E-state index contributed by atoms with van der Waals surface area (Å²) in [6.45, 7) is 4.31. The second kappa shape index (κ2) is 7.43. The van der Waals surface area contributed by atoms with Crippen molar-refractivity contribution < 1.29 is 0 Å². The van der Waals surface area contributed by atoms with E-state index in [1.807, 2.05) is 0 Å². The largest absolute Gasteiger partial charge is 0.303 e. The summed E-state index contributed by atoms with van der Waals surface area (Å²) in [5, 5.41) is 13.2. The summed E-state index contributed by atoms with van der Waals surface area (Å²) in [5.41, 5.74) is -0.230. The Bertz CT molecular complexity index is 330. The molecule has 2 fully saturated rings. The van der Waals surface area contributed by atoms with Gasteiger partial charge in [-0.2, -0.15) is 5.26 Å². The molecule has 20 heavy (non-hydrogen) atoms. The van der Waals surface area contributed by atoms with Gasteiger partial charge in [0, 0.05) is 6.04 Å². The van der Waals surface area contributed by atoms with E-state index in [1.54, 1.807) is 0 Å². The van der Waals surface area contributed by atoms with E-state index in [9.17, 15) is 5.26 Å². The summed E-state index contributed by atoms with van der Waals surface area (Å²) >= 11 is 0. The molecule has 0 bridgehead atoms. The van der Waals surface area contributed by atoms with Crippen LogP contribution in [0.1, 0.15) is 64.7 Å². The quantitative estimate of drug-likeness (QED) is 0.776. The maximum atomic E-state index is 9.66. The zero-order valence-electron chi connectivity index (χ0n) is 13.3. The van der Waals surface area contributed by atoms with Crippen LogP contribution < -0.4 is 5.32 Å². The highest BCUT2D eigenvalue weighted by Gasteiger charge is 2.42. The van der Waals surface area contributed by atoms with Gasteiger partial charge >= 0.3 is 0 Å². The Morgan fingerprint density at radius 1 is 1.25 bits per heavy atom. The van der Waals surface area contributed by atoms with Crippen molar-refractivity contribution in [3.05, 3.63) is 0 Å². The van der Waals surface area contributed by atoms with Crippen molar-refractivity contribution in [1.29, 1.82) is 5.26 Å². The first-order valence-electron chi connectivity index (χ1n) is 8.58. The van der Waals surface area contributed by atoms with Crippen LogP contribution in [0.4, 0.5) is 0 Å². The van der Waals surface area contributed by atoms with Crippen molar-refractivity contribution in [3.8, 4) is 6.07 Å². The highest BCUT2D eigenvalue weighted by atomic mass is 15.1. The third kappa shape index (κ3) is 3.54. The molecule has 0 aliphatic heterocycles. The molecule has 3 heteroatoms. The van der Waals surface area contributed by atoms with Gasteiger partial charge in [-0.25, -0.2) is 0 Å². The van der Waals surface area contributed by atoms with Gasteiger partial charge in [-0.1, -0.05) is 26.2 Å². The number of hydrogen-bond donors (Lipinski definition) is 1. The van der Waals surface area contributed by atoms with E-state index >= 15 is 0 Å². The van der Waals surface area contributed by atoms with Crippen molar-refractivity contribution in [1.82, 2.24) is 10.2 Å². The summed E-state index contributed by atoms with van der Waals surface area (Å²) in [7, 11) is 2.28. The molecule has 0 saturated heterocycles. The number of nitrogens with one attached hydrogen (secondary N) is 1. The summed E-state index contributed by atoms with van der Waals surface area (Å²) in [6, 6.07) is 3.43. The van der Waals surface area contributed by atoms with Crippen molar-refractivity contribution in [2.45, 2.75) is 76.3 Å².